The van der Waals surface area contributed by atoms with Gasteiger partial charge in [0, 0.05) is 5.41 Å². The Balaban J connectivity index is 2.46. The van der Waals surface area contributed by atoms with Crippen LogP contribution in [0.15, 0.2) is 0 Å². The van der Waals surface area contributed by atoms with Gasteiger partial charge in [-0.2, -0.15) is 0 Å². The van der Waals surface area contributed by atoms with E-state index in [0.717, 1.165) is 0 Å². The number of rotatable bonds is 2. The van der Waals surface area contributed by atoms with Crippen molar-refractivity contribution in [1.82, 2.24) is 0 Å². The molecule has 1 aliphatic carbocycles. The molecule has 2 rings (SSSR count). The quantitative estimate of drug-likeness (QED) is 0.657. The van der Waals surface area contributed by atoms with Crippen LogP contribution in [-0.4, -0.2) is 52.8 Å². The van der Waals surface area contributed by atoms with E-state index in [1.165, 1.54) is 6.92 Å². The normalized spacial score (nSPS) is 52.7. The fourth-order valence-electron chi connectivity index (χ4n) is 3.68. The monoisotopic (exact) mass is 290 g/mol. The third kappa shape index (κ3) is 1.64. The predicted octanol–water partition coefficient (Wildman–Crippen LogP) is 0.836. The van der Waals surface area contributed by atoms with Crippen molar-refractivity contribution in [1.29, 1.82) is 0 Å². The summed E-state index contributed by atoms with van der Waals surface area (Å²) in [4.78, 5) is 0. The van der Waals surface area contributed by atoms with Crippen LogP contribution >= 0.6 is 0 Å². The molecule has 0 unspecified atom stereocenters. The molecule has 0 aromatic rings. The molecule has 1 saturated carbocycles. The first-order valence-electron chi connectivity index (χ1n) is 6.74. The van der Waals surface area contributed by atoms with Gasteiger partial charge in [0.2, 0.25) is 0 Å². The Morgan fingerprint density at radius 1 is 1.00 bits per heavy atom. The van der Waals surface area contributed by atoms with Crippen LogP contribution in [0, 0.1) is 5.41 Å². The second-order valence-corrected chi connectivity index (χ2v) is 12.0. The van der Waals surface area contributed by atoms with Gasteiger partial charge in [-0.1, -0.05) is 13.8 Å². The van der Waals surface area contributed by atoms with E-state index in [1.54, 1.807) is 20.8 Å². The fraction of sp³-hybridized carbons (Fsp3) is 1.00. The van der Waals surface area contributed by atoms with Gasteiger partial charge in [0.05, 0.1) is 6.10 Å². The summed E-state index contributed by atoms with van der Waals surface area (Å²) >= 11 is 0. The highest BCUT2D eigenvalue weighted by Crippen LogP contribution is 2.72. The van der Waals surface area contributed by atoms with Gasteiger partial charge in [0.25, 0.3) is 0 Å². The van der Waals surface area contributed by atoms with Crippen molar-refractivity contribution < 1.29 is 24.5 Å². The van der Waals surface area contributed by atoms with Crippen LogP contribution in [0.3, 0.4) is 0 Å². The van der Waals surface area contributed by atoms with Crippen LogP contribution in [0.4, 0.5) is 0 Å². The van der Waals surface area contributed by atoms with Gasteiger partial charge in [-0.05, 0) is 33.5 Å². The van der Waals surface area contributed by atoms with Gasteiger partial charge in [-0.15, -0.1) is 0 Å². The summed E-state index contributed by atoms with van der Waals surface area (Å²) in [5.41, 5.74) is -3.68. The van der Waals surface area contributed by atoms with Crippen LogP contribution in [-0.2, 0) is 9.16 Å². The Morgan fingerprint density at radius 2 is 1.47 bits per heavy atom. The highest BCUT2D eigenvalue weighted by Gasteiger charge is 2.91. The van der Waals surface area contributed by atoms with E-state index >= 15 is 0 Å². The van der Waals surface area contributed by atoms with Crippen molar-refractivity contribution in [3.8, 4) is 0 Å². The minimum atomic E-state index is -2.02. The number of hydrogen-bond acceptors (Lipinski definition) is 5. The molecule has 5 nitrogen and oxygen atoms in total. The van der Waals surface area contributed by atoms with Crippen molar-refractivity contribution in [3.63, 3.8) is 0 Å². The summed E-state index contributed by atoms with van der Waals surface area (Å²) < 4.78 is 11.5. The lowest BCUT2D eigenvalue weighted by atomic mass is 9.93. The average molecular weight is 290 g/mol. The lowest BCUT2D eigenvalue weighted by Gasteiger charge is -2.46. The molecule has 19 heavy (non-hydrogen) atoms. The SMILES string of the molecule is C[C@H]1O[C@@](C)(O)[C@H](O[Si](C)(C)C)[C@]2(O)C(C)(C)[C@]12O. The molecule has 5 atom stereocenters. The third-order valence-corrected chi connectivity index (χ3v) is 5.71. The Bertz CT molecular complexity index is 402. The van der Waals surface area contributed by atoms with Crippen LogP contribution in [0.1, 0.15) is 27.7 Å². The highest BCUT2D eigenvalue weighted by molar-refractivity contribution is 6.69. The molecule has 1 heterocycles. The van der Waals surface area contributed by atoms with Crippen LogP contribution in [0.25, 0.3) is 0 Å². The van der Waals surface area contributed by atoms with E-state index in [0.29, 0.717) is 0 Å². The Hall–Kier alpha value is 0.0169. The standard InChI is InChI=1S/C13H26O5Si/c1-8-12(15)10(2,3)13(12,16)9(11(4,14)17-8)18-19(5,6)7/h8-9,14-16H,1-7H3/t8-,9+,11-,12-,13+/m1/s1. The second-order valence-electron chi connectivity index (χ2n) is 7.58. The van der Waals surface area contributed by atoms with Crippen molar-refractivity contribution in [2.24, 2.45) is 5.41 Å². The molecule has 2 fully saturated rings. The maximum absolute atomic E-state index is 11.0. The number of aliphatic hydroxyl groups is 3. The molecule has 6 heteroatoms. The number of ether oxygens (including phenoxy) is 1. The summed E-state index contributed by atoms with van der Waals surface area (Å²) in [6, 6.07) is 0. The summed E-state index contributed by atoms with van der Waals surface area (Å²) in [6.07, 6.45) is -1.62. The van der Waals surface area contributed by atoms with Crippen molar-refractivity contribution in [2.75, 3.05) is 0 Å². The van der Waals surface area contributed by atoms with E-state index in [4.69, 9.17) is 9.16 Å². The van der Waals surface area contributed by atoms with E-state index in [9.17, 15) is 15.3 Å². The maximum atomic E-state index is 11.0. The first kappa shape index (κ1) is 15.4. The van der Waals surface area contributed by atoms with Crippen LogP contribution in [0.5, 0.6) is 0 Å². The molecular weight excluding hydrogens is 264 g/mol. The molecule has 2 aliphatic rings. The molecule has 0 radical (unpaired) electrons. The summed E-state index contributed by atoms with van der Waals surface area (Å²) in [7, 11) is -2.02. The molecule has 0 aromatic carbocycles. The zero-order chi connectivity index (χ0) is 15.1. The third-order valence-electron chi connectivity index (χ3n) is 4.77. The molecule has 0 spiro atoms. The lowest BCUT2D eigenvalue weighted by molar-refractivity contribution is -0.330. The second kappa shape index (κ2) is 3.61. The maximum Gasteiger partial charge on any atom is 0.191 e. The van der Waals surface area contributed by atoms with E-state index in [1.807, 2.05) is 19.6 Å². The molecule has 112 valence electrons. The van der Waals surface area contributed by atoms with Crippen LogP contribution in [0.2, 0.25) is 19.6 Å². The van der Waals surface area contributed by atoms with E-state index in [-0.39, 0.29) is 0 Å². The Kier molecular flexibility index (Phi) is 2.93. The van der Waals surface area contributed by atoms with Gasteiger partial charge in [0.15, 0.2) is 14.1 Å². The minimum absolute atomic E-state index is 0.663. The van der Waals surface area contributed by atoms with Crippen LogP contribution < -0.4 is 0 Å². The Morgan fingerprint density at radius 3 is 1.89 bits per heavy atom. The molecule has 0 bridgehead atoms. The zero-order valence-electron chi connectivity index (χ0n) is 12.8. The summed E-state index contributed by atoms with van der Waals surface area (Å²) in [5, 5.41) is 32.2. The van der Waals surface area contributed by atoms with Crippen molar-refractivity contribution in [3.05, 3.63) is 0 Å². The first-order chi connectivity index (χ1) is 8.22. The minimum Gasteiger partial charge on any atom is -0.406 e. The van der Waals surface area contributed by atoms with Gasteiger partial charge in [-0.3, -0.25) is 0 Å². The molecular formula is C13H26O5Si. The number of fused-ring (bicyclic) bond motifs is 1. The topological polar surface area (TPSA) is 79.2 Å². The number of hydrogen-bond donors (Lipinski definition) is 3. The smallest absolute Gasteiger partial charge is 0.191 e. The lowest BCUT2D eigenvalue weighted by Crippen LogP contribution is -2.65. The van der Waals surface area contributed by atoms with Gasteiger partial charge < -0.3 is 24.5 Å². The van der Waals surface area contributed by atoms with E-state index in [2.05, 4.69) is 0 Å². The summed E-state index contributed by atoms with van der Waals surface area (Å²) in [6.45, 7) is 12.6. The van der Waals surface area contributed by atoms with Gasteiger partial charge >= 0.3 is 0 Å². The first-order valence-corrected chi connectivity index (χ1v) is 10.2. The Labute approximate surface area is 115 Å². The zero-order valence-corrected chi connectivity index (χ0v) is 13.8. The highest BCUT2D eigenvalue weighted by atomic mass is 28.4. The van der Waals surface area contributed by atoms with Gasteiger partial charge in [-0.25, -0.2) is 0 Å². The van der Waals surface area contributed by atoms with Crippen molar-refractivity contribution in [2.45, 2.75) is 76.5 Å². The van der Waals surface area contributed by atoms with Crippen molar-refractivity contribution >= 4 is 8.32 Å². The fourth-order valence-corrected chi connectivity index (χ4v) is 4.78. The molecule has 0 amide bonds. The molecule has 0 aromatic heterocycles. The average Bonchev–Trinajstić information content (AvgIpc) is 2.53. The largest absolute Gasteiger partial charge is 0.406 e. The van der Waals surface area contributed by atoms with Gasteiger partial charge in [0.1, 0.15) is 17.3 Å². The molecule has 3 N–H and O–H groups in total. The molecule has 1 saturated heterocycles. The predicted molar refractivity (Wildman–Crippen MR) is 73.1 cm³/mol. The van der Waals surface area contributed by atoms with E-state index < -0.39 is 42.9 Å². The molecule has 1 aliphatic heterocycles. The summed E-state index contributed by atoms with van der Waals surface area (Å²) in [5.74, 6) is -1.62.